The average molecular weight is 366 g/mol. The van der Waals surface area contributed by atoms with E-state index in [0.717, 1.165) is 52.1 Å². The minimum absolute atomic E-state index is 0.0392. The molecule has 3 heterocycles. The Morgan fingerprint density at radius 1 is 1.00 bits per heavy atom. The molecule has 0 radical (unpaired) electrons. The standard InChI is InChI=1S/C21H26N4O2/c26-19-8-9-20(22-15-19)21(27)25-10-4-7-18(16-25)24-13-11-23(12-14-24)17-5-2-1-3-6-17/h1-3,5-6,8-9,15,18,26H,4,7,10-14,16H2/t18-/m1/s1. The fraction of sp³-hybridized carbons (Fsp3) is 0.429. The summed E-state index contributed by atoms with van der Waals surface area (Å²) in [6.07, 6.45) is 3.49. The number of benzene rings is 1. The van der Waals surface area contributed by atoms with Gasteiger partial charge in [-0.2, -0.15) is 0 Å². The van der Waals surface area contributed by atoms with Crippen molar-refractivity contribution in [1.82, 2.24) is 14.8 Å². The minimum Gasteiger partial charge on any atom is -0.506 e. The van der Waals surface area contributed by atoms with Crippen molar-refractivity contribution in [3.8, 4) is 5.75 Å². The smallest absolute Gasteiger partial charge is 0.272 e. The van der Waals surface area contributed by atoms with Gasteiger partial charge in [-0.3, -0.25) is 9.69 Å². The number of carbonyl (C=O) groups is 1. The molecule has 0 unspecified atom stereocenters. The van der Waals surface area contributed by atoms with Crippen LogP contribution in [0.2, 0.25) is 0 Å². The van der Waals surface area contributed by atoms with E-state index in [1.165, 1.54) is 18.0 Å². The van der Waals surface area contributed by atoms with E-state index < -0.39 is 0 Å². The van der Waals surface area contributed by atoms with Crippen molar-refractivity contribution >= 4 is 11.6 Å². The van der Waals surface area contributed by atoms with Gasteiger partial charge in [-0.05, 0) is 37.1 Å². The Hall–Kier alpha value is -2.60. The topological polar surface area (TPSA) is 59.9 Å². The molecule has 0 saturated carbocycles. The number of para-hydroxylation sites is 1. The number of hydrogen-bond donors (Lipinski definition) is 1. The van der Waals surface area contributed by atoms with Gasteiger partial charge in [0.25, 0.3) is 5.91 Å². The van der Waals surface area contributed by atoms with Gasteiger partial charge in [0.05, 0.1) is 6.20 Å². The van der Waals surface area contributed by atoms with Gasteiger partial charge >= 0.3 is 0 Å². The molecular formula is C21H26N4O2. The lowest BCUT2D eigenvalue weighted by Gasteiger charge is -2.43. The number of piperazine rings is 1. The second-order valence-corrected chi connectivity index (χ2v) is 7.31. The van der Waals surface area contributed by atoms with E-state index in [1.807, 2.05) is 4.90 Å². The largest absolute Gasteiger partial charge is 0.506 e. The minimum atomic E-state index is -0.0392. The van der Waals surface area contributed by atoms with Gasteiger partial charge < -0.3 is 14.9 Å². The number of anilines is 1. The molecule has 0 spiro atoms. The van der Waals surface area contributed by atoms with E-state index in [1.54, 1.807) is 6.07 Å². The summed E-state index contributed by atoms with van der Waals surface area (Å²) >= 11 is 0. The van der Waals surface area contributed by atoms with Crippen LogP contribution in [0.1, 0.15) is 23.3 Å². The summed E-state index contributed by atoms with van der Waals surface area (Å²) in [7, 11) is 0. The van der Waals surface area contributed by atoms with Crippen LogP contribution in [0, 0.1) is 0 Å². The van der Waals surface area contributed by atoms with Crippen LogP contribution in [-0.2, 0) is 0 Å². The van der Waals surface area contributed by atoms with Crippen LogP contribution in [0.5, 0.6) is 5.75 Å². The number of aromatic nitrogens is 1. The number of piperidine rings is 1. The molecule has 4 rings (SSSR count). The van der Waals surface area contributed by atoms with Crippen molar-refractivity contribution in [2.24, 2.45) is 0 Å². The number of likely N-dealkylation sites (tertiary alicyclic amines) is 1. The van der Waals surface area contributed by atoms with E-state index in [-0.39, 0.29) is 11.7 Å². The van der Waals surface area contributed by atoms with Gasteiger partial charge in [0.15, 0.2) is 0 Å². The molecule has 2 aliphatic heterocycles. The molecular weight excluding hydrogens is 340 g/mol. The molecule has 1 aromatic heterocycles. The quantitative estimate of drug-likeness (QED) is 0.903. The van der Waals surface area contributed by atoms with Crippen molar-refractivity contribution in [3.63, 3.8) is 0 Å². The molecule has 1 aromatic carbocycles. The molecule has 1 atom stereocenters. The van der Waals surface area contributed by atoms with E-state index in [2.05, 4.69) is 45.1 Å². The van der Waals surface area contributed by atoms with Crippen molar-refractivity contribution in [2.45, 2.75) is 18.9 Å². The van der Waals surface area contributed by atoms with Gasteiger partial charge in [-0.1, -0.05) is 18.2 Å². The Balaban J connectivity index is 1.35. The summed E-state index contributed by atoms with van der Waals surface area (Å²) in [4.78, 5) is 23.7. The highest BCUT2D eigenvalue weighted by molar-refractivity contribution is 5.92. The number of amides is 1. The van der Waals surface area contributed by atoms with Crippen LogP contribution in [0.3, 0.4) is 0 Å². The highest BCUT2D eigenvalue weighted by atomic mass is 16.3. The first-order valence-electron chi connectivity index (χ1n) is 9.69. The molecule has 2 aromatic rings. The highest BCUT2D eigenvalue weighted by Gasteiger charge is 2.30. The zero-order valence-corrected chi connectivity index (χ0v) is 15.5. The maximum Gasteiger partial charge on any atom is 0.272 e. The van der Waals surface area contributed by atoms with E-state index >= 15 is 0 Å². The van der Waals surface area contributed by atoms with Crippen LogP contribution in [0.15, 0.2) is 48.7 Å². The predicted molar refractivity (Wildman–Crippen MR) is 105 cm³/mol. The van der Waals surface area contributed by atoms with Crippen molar-refractivity contribution < 1.29 is 9.90 Å². The fourth-order valence-corrected chi connectivity index (χ4v) is 4.10. The summed E-state index contributed by atoms with van der Waals surface area (Å²) in [6.45, 7) is 5.63. The molecule has 2 saturated heterocycles. The first-order chi connectivity index (χ1) is 13.2. The fourth-order valence-electron chi connectivity index (χ4n) is 4.10. The normalized spacial score (nSPS) is 21.3. The van der Waals surface area contributed by atoms with Crippen LogP contribution in [0.25, 0.3) is 0 Å². The van der Waals surface area contributed by atoms with Crippen LogP contribution < -0.4 is 4.90 Å². The second-order valence-electron chi connectivity index (χ2n) is 7.31. The molecule has 1 amide bonds. The number of pyridine rings is 1. The maximum absolute atomic E-state index is 12.7. The Labute approximate surface area is 160 Å². The third-order valence-electron chi connectivity index (χ3n) is 5.60. The number of carbonyl (C=O) groups excluding carboxylic acids is 1. The van der Waals surface area contributed by atoms with Crippen LogP contribution in [0.4, 0.5) is 5.69 Å². The molecule has 6 heteroatoms. The van der Waals surface area contributed by atoms with Crippen molar-refractivity contribution in [2.75, 3.05) is 44.2 Å². The molecule has 142 valence electrons. The Bertz CT molecular complexity index is 758. The third-order valence-corrected chi connectivity index (χ3v) is 5.60. The molecule has 0 aliphatic carbocycles. The molecule has 0 bridgehead atoms. The summed E-state index contributed by atoms with van der Waals surface area (Å²) in [6, 6.07) is 14.1. The van der Waals surface area contributed by atoms with E-state index in [9.17, 15) is 9.90 Å². The molecule has 2 aliphatic rings. The lowest BCUT2D eigenvalue weighted by atomic mass is 10.0. The third kappa shape index (κ3) is 4.06. The molecule has 6 nitrogen and oxygen atoms in total. The van der Waals surface area contributed by atoms with Gasteiger partial charge in [0.2, 0.25) is 0 Å². The number of aromatic hydroxyl groups is 1. The van der Waals surface area contributed by atoms with Gasteiger partial charge in [0.1, 0.15) is 11.4 Å². The molecule has 2 fully saturated rings. The number of hydrogen-bond acceptors (Lipinski definition) is 5. The lowest BCUT2D eigenvalue weighted by molar-refractivity contribution is 0.0558. The first kappa shape index (κ1) is 17.8. The maximum atomic E-state index is 12.7. The number of rotatable bonds is 3. The summed E-state index contributed by atoms with van der Waals surface area (Å²) in [5.74, 6) is 0.0435. The summed E-state index contributed by atoms with van der Waals surface area (Å²) in [5.41, 5.74) is 1.69. The lowest BCUT2D eigenvalue weighted by Crippen LogP contribution is -2.56. The van der Waals surface area contributed by atoms with Gasteiger partial charge in [0, 0.05) is 51.0 Å². The average Bonchev–Trinajstić information content (AvgIpc) is 2.75. The second kappa shape index (κ2) is 7.96. The van der Waals surface area contributed by atoms with Gasteiger partial charge in [-0.15, -0.1) is 0 Å². The Kier molecular flexibility index (Phi) is 5.25. The predicted octanol–water partition coefficient (Wildman–Crippen LogP) is 2.21. The molecule has 1 N–H and O–H groups in total. The molecule has 27 heavy (non-hydrogen) atoms. The highest BCUT2D eigenvalue weighted by Crippen LogP contribution is 2.22. The summed E-state index contributed by atoms with van der Waals surface area (Å²) in [5, 5.41) is 9.37. The number of nitrogens with zero attached hydrogens (tertiary/aromatic N) is 4. The monoisotopic (exact) mass is 366 g/mol. The zero-order chi connectivity index (χ0) is 18.6. The van der Waals surface area contributed by atoms with Crippen LogP contribution >= 0.6 is 0 Å². The Morgan fingerprint density at radius 2 is 1.78 bits per heavy atom. The van der Waals surface area contributed by atoms with Gasteiger partial charge in [-0.25, -0.2) is 4.98 Å². The van der Waals surface area contributed by atoms with E-state index in [0.29, 0.717) is 11.7 Å². The van der Waals surface area contributed by atoms with E-state index in [4.69, 9.17) is 0 Å². The van der Waals surface area contributed by atoms with Crippen LogP contribution in [-0.4, -0.2) is 71.1 Å². The SMILES string of the molecule is O=C(c1ccc(O)cn1)N1CCC[C@@H](N2CCN(c3ccccc3)CC2)C1. The zero-order valence-electron chi connectivity index (χ0n) is 15.5. The van der Waals surface area contributed by atoms with Crippen molar-refractivity contribution in [1.29, 1.82) is 0 Å². The van der Waals surface area contributed by atoms with Crippen molar-refractivity contribution in [3.05, 3.63) is 54.4 Å². The Morgan fingerprint density at radius 3 is 2.48 bits per heavy atom. The first-order valence-corrected chi connectivity index (χ1v) is 9.69. The summed E-state index contributed by atoms with van der Waals surface area (Å²) < 4.78 is 0.